The maximum atomic E-state index is 14.2. The second-order valence-electron chi connectivity index (χ2n) is 17.5. The number of rotatable bonds is 10. The van der Waals surface area contributed by atoms with E-state index in [9.17, 15) is 25.2 Å². The first-order valence-corrected chi connectivity index (χ1v) is 20.5. The van der Waals surface area contributed by atoms with Crippen molar-refractivity contribution >= 4 is 5.97 Å². The normalized spacial score (nSPS) is 47.0. The number of hydrogen-bond donors (Lipinski definition) is 4. The molecule has 314 valence electrons. The van der Waals surface area contributed by atoms with Gasteiger partial charge in [-0.3, -0.25) is 4.79 Å². The van der Waals surface area contributed by atoms with E-state index < -0.39 is 95.8 Å². The average molecular weight is 773 g/mol. The largest absolute Gasteiger partial charge is 0.489 e. The lowest BCUT2D eigenvalue weighted by atomic mass is 9.78. The molecule has 17 atom stereocenters. The Morgan fingerprint density at radius 2 is 1.50 bits per heavy atom. The fourth-order valence-electron chi connectivity index (χ4n) is 10.1. The molecule has 4 heterocycles. The minimum Gasteiger partial charge on any atom is -0.489 e. The van der Waals surface area contributed by atoms with Gasteiger partial charge in [-0.2, -0.15) is 0 Å². The number of esters is 1. The van der Waals surface area contributed by atoms with Crippen molar-refractivity contribution in [3.8, 4) is 0 Å². The van der Waals surface area contributed by atoms with Gasteiger partial charge >= 0.3 is 5.97 Å². The lowest BCUT2D eigenvalue weighted by molar-refractivity contribution is -0.952. The van der Waals surface area contributed by atoms with E-state index in [1.165, 1.54) is 14.0 Å². The van der Waals surface area contributed by atoms with Gasteiger partial charge < -0.3 is 58.1 Å². The molecule has 4 aliphatic rings. The van der Waals surface area contributed by atoms with Crippen LogP contribution in [0.25, 0.3) is 0 Å². The van der Waals surface area contributed by atoms with Crippen LogP contribution >= 0.6 is 0 Å². The number of aliphatic hydroxyl groups excluding tert-OH is 3. The average Bonchev–Trinajstić information content (AvgIpc) is 3.45. The number of quaternary nitrogens is 1. The maximum Gasteiger partial charge on any atom is 0.311 e. The predicted octanol–water partition coefficient (Wildman–Crippen LogP) is 4.21. The van der Waals surface area contributed by atoms with Crippen LogP contribution in [-0.2, 0) is 38.0 Å². The number of carbonyl (C=O) groups is 1. The van der Waals surface area contributed by atoms with Gasteiger partial charge in [0, 0.05) is 38.2 Å². The minimum atomic E-state index is -1.82. The van der Waals surface area contributed by atoms with Crippen LogP contribution < -0.4 is 0 Å². The van der Waals surface area contributed by atoms with Gasteiger partial charge in [0.25, 0.3) is 0 Å². The summed E-state index contributed by atoms with van der Waals surface area (Å²) in [4.78, 5) is 14.2. The summed E-state index contributed by atoms with van der Waals surface area (Å²) in [6.45, 7) is 27.1. The summed E-state index contributed by atoms with van der Waals surface area (Å²) in [5.74, 6) is -2.30. The third-order valence-electron chi connectivity index (χ3n) is 13.9. The van der Waals surface area contributed by atoms with Crippen molar-refractivity contribution in [1.82, 2.24) is 0 Å². The quantitative estimate of drug-likeness (QED) is 0.185. The molecule has 0 amide bonds. The van der Waals surface area contributed by atoms with E-state index in [2.05, 4.69) is 20.8 Å². The number of methoxy groups -OCH3 is 1. The molecule has 0 aromatic carbocycles. The van der Waals surface area contributed by atoms with E-state index in [0.717, 1.165) is 25.2 Å². The Hall–Kier alpha value is -1.39. The molecule has 0 aromatic heterocycles. The number of fused-ring (bicyclic) bond motifs is 2. The van der Waals surface area contributed by atoms with E-state index in [-0.39, 0.29) is 25.0 Å². The molecule has 54 heavy (non-hydrogen) atoms. The molecule has 13 heteroatoms. The molecule has 0 aliphatic carbocycles. The lowest BCUT2D eigenvalue weighted by Gasteiger charge is -2.51. The Balaban J connectivity index is 1.86. The van der Waals surface area contributed by atoms with Crippen molar-refractivity contribution in [2.45, 2.75) is 200 Å². The Morgan fingerprint density at radius 3 is 2.06 bits per heavy atom. The predicted molar refractivity (Wildman–Crippen MR) is 202 cm³/mol. The van der Waals surface area contributed by atoms with Crippen molar-refractivity contribution in [2.75, 3.05) is 26.7 Å². The number of ether oxygens (including phenoxy) is 7. The highest BCUT2D eigenvalue weighted by atomic mass is 16.7. The van der Waals surface area contributed by atoms with E-state index in [1.807, 2.05) is 27.7 Å². The Kier molecular flexibility index (Phi) is 14.5. The fourth-order valence-corrected chi connectivity index (χ4v) is 10.1. The van der Waals surface area contributed by atoms with Crippen LogP contribution in [0.2, 0.25) is 0 Å². The maximum absolute atomic E-state index is 14.2. The van der Waals surface area contributed by atoms with Gasteiger partial charge in [0.05, 0.1) is 55.6 Å². The monoisotopic (exact) mass is 773 g/mol. The molecular weight excluding hydrogens is 698 g/mol. The molecule has 4 aliphatic heterocycles. The molecule has 0 saturated carbocycles. The lowest BCUT2D eigenvalue weighted by Crippen LogP contribution is -2.66. The fraction of sp³-hybridized carbons (Fsp3) is 0.927. The molecule has 2 bridgehead atoms. The molecule has 0 radical (unpaired) electrons. The van der Waals surface area contributed by atoms with Gasteiger partial charge in [0.2, 0.25) is 0 Å². The van der Waals surface area contributed by atoms with Crippen LogP contribution in [-0.4, -0.2) is 142 Å². The van der Waals surface area contributed by atoms with Gasteiger partial charge in [-0.25, -0.2) is 0 Å². The summed E-state index contributed by atoms with van der Waals surface area (Å²) in [6, 6.07) is -0.142. The number of hydrogen-bond acceptors (Lipinski definition) is 12. The van der Waals surface area contributed by atoms with Crippen molar-refractivity contribution in [2.24, 2.45) is 17.8 Å². The molecule has 13 nitrogen and oxygen atoms in total. The van der Waals surface area contributed by atoms with Crippen LogP contribution in [0.1, 0.15) is 116 Å². The highest BCUT2D eigenvalue weighted by Gasteiger charge is 2.57. The van der Waals surface area contributed by atoms with Gasteiger partial charge in [-0.05, 0) is 81.2 Å². The van der Waals surface area contributed by atoms with Crippen molar-refractivity contribution in [3.63, 3.8) is 0 Å². The third-order valence-corrected chi connectivity index (χ3v) is 13.9. The van der Waals surface area contributed by atoms with Gasteiger partial charge in [0.15, 0.2) is 18.7 Å². The number of cyclic esters (lactones) is 1. The summed E-state index contributed by atoms with van der Waals surface area (Å²) in [5, 5.41) is 46.7. The molecule has 0 unspecified atom stereocenters. The third kappa shape index (κ3) is 8.42. The highest BCUT2D eigenvalue weighted by Crippen LogP contribution is 2.47. The molecule has 4 N–H and O–H groups in total. The smallest absolute Gasteiger partial charge is 0.311 e. The number of carbonyl (C=O) groups excluding carboxylic acids is 1. The standard InChI is InChI=1S/C41H74NO12/c1-15-29-41(13,47)34(44)24(7)32-22(5)20-40(12,54-32)36(53-38-31(43)28(19-23(6)49-38)42(16-2,17-3)18-4)25(8)33(26(9)37(46)51-29)52-30-21-39(11,48-14)35(45)27(10)50-30/h23-31,33-36,38,43-45,47H,15-21H2,1-14H3/q+1/t23-,24+,25+,26-,27+,28+,29-,30+,31-,33+,34-,35+,36-,38+,39-,40-,41-/m1/s1. The molecule has 3 saturated heterocycles. The topological polar surface area (TPSA) is 163 Å². The molecule has 4 rings (SSSR count). The van der Waals surface area contributed by atoms with Gasteiger partial charge in [-0.1, -0.05) is 20.8 Å². The highest BCUT2D eigenvalue weighted by molar-refractivity contribution is 5.73. The second kappa shape index (κ2) is 17.2. The Labute approximate surface area is 324 Å². The Morgan fingerprint density at radius 1 is 0.889 bits per heavy atom. The molecule has 0 aromatic rings. The van der Waals surface area contributed by atoms with E-state index in [1.54, 1.807) is 34.6 Å². The number of aliphatic hydroxyl groups is 4. The van der Waals surface area contributed by atoms with Crippen molar-refractivity contribution < 1.29 is 62.9 Å². The first-order valence-electron chi connectivity index (χ1n) is 20.5. The zero-order valence-corrected chi connectivity index (χ0v) is 35.5. The first kappa shape index (κ1) is 45.3. The van der Waals surface area contributed by atoms with E-state index in [0.29, 0.717) is 23.1 Å². The summed E-state index contributed by atoms with van der Waals surface area (Å²) < 4.78 is 46.0. The number of likely N-dealkylation sites (N-methyl/N-ethyl adjacent to an activating group) is 1. The van der Waals surface area contributed by atoms with Crippen LogP contribution in [0.3, 0.4) is 0 Å². The molecule has 0 spiro atoms. The van der Waals surface area contributed by atoms with Gasteiger partial charge in [-0.15, -0.1) is 0 Å². The van der Waals surface area contributed by atoms with Crippen LogP contribution in [0.4, 0.5) is 0 Å². The molecular formula is C41H74NO12+. The summed E-state index contributed by atoms with van der Waals surface area (Å²) in [6.07, 6.45) is -7.29. The van der Waals surface area contributed by atoms with E-state index in [4.69, 9.17) is 33.2 Å². The summed E-state index contributed by atoms with van der Waals surface area (Å²) >= 11 is 0. The second-order valence-corrected chi connectivity index (χ2v) is 17.5. The SMILES string of the molecule is CC[C@H]1OC(=O)[C@H](C)[C@@H](O[C@H]2C[C@@](C)(OC)[C@@H](O)[C@H](C)O2)[C@H](C)[C@@H](O[C@@H]2O[C@H](C)C[C@H]([N+](CC)(CC)CC)[C@H]2O)[C@@]2(C)CC(C)=C(O2)[C@H](C)[C@@H](O)[C@]1(C)O. The first-order chi connectivity index (χ1) is 25.1. The summed E-state index contributed by atoms with van der Waals surface area (Å²) in [5.41, 5.74) is -3.00. The van der Waals surface area contributed by atoms with Crippen molar-refractivity contribution in [3.05, 3.63) is 11.3 Å². The minimum absolute atomic E-state index is 0.142. The van der Waals surface area contributed by atoms with Crippen LogP contribution in [0.15, 0.2) is 11.3 Å². The summed E-state index contributed by atoms with van der Waals surface area (Å²) in [7, 11) is 1.54. The number of nitrogens with zero attached hydrogens (tertiary/aromatic N) is 1. The molecule has 3 fully saturated rings. The van der Waals surface area contributed by atoms with Crippen molar-refractivity contribution in [1.29, 1.82) is 0 Å². The zero-order valence-electron chi connectivity index (χ0n) is 35.5. The van der Waals surface area contributed by atoms with Crippen LogP contribution in [0, 0.1) is 17.8 Å². The van der Waals surface area contributed by atoms with Gasteiger partial charge in [0.1, 0.15) is 41.3 Å². The van der Waals surface area contributed by atoms with Crippen LogP contribution in [0.5, 0.6) is 0 Å². The Bertz CT molecular complexity index is 1300. The van der Waals surface area contributed by atoms with E-state index >= 15 is 0 Å². The zero-order chi connectivity index (χ0) is 40.7.